The first-order chi connectivity index (χ1) is 16.8. The van der Waals surface area contributed by atoms with E-state index in [9.17, 15) is 13.2 Å². The molecule has 10 nitrogen and oxygen atoms in total. The van der Waals surface area contributed by atoms with E-state index in [0.717, 1.165) is 5.39 Å². The maximum Gasteiger partial charge on any atom is 0.262 e. The van der Waals surface area contributed by atoms with E-state index >= 15 is 0 Å². The second-order valence-corrected chi connectivity index (χ2v) is 9.94. The van der Waals surface area contributed by atoms with Crippen molar-refractivity contribution >= 4 is 38.3 Å². The van der Waals surface area contributed by atoms with E-state index in [1.54, 1.807) is 47.3 Å². The number of fused-ring (bicyclic) bond motifs is 2. The Morgan fingerprint density at radius 1 is 0.971 bits per heavy atom. The minimum Gasteiger partial charge on any atom is -0.486 e. The second kappa shape index (κ2) is 8.91. The molecule has 3 heterocycles. The molecule has 2 aromatic heterocycles. The molecule has 0 spiro atoms. The molecular weight excluding hydrogens is 470 g/mol. The van der Waals surface area contributed by atoms with E-state index in [-0.39, 0.29) is 16.8 Å². The van der Waals surface area contributed by atoms with Gasteiger partial charge in [-0.3, -0.25) is 9.52 Å². The number of hydrogen-bond donors (Lipinski definition) is 2. The molecule has 1 amide bonds. The highest BCUT2D eigenvalue weighted by Gasteiger charge is 2.20. The monoisotopic (exact) mass is 493 g/mol. The number of carbonyl (C=O) groups excluding carboxylic acids is 1. The molecule has 0 saturated carbocycles. The molecule has 4 aromatic rings. The van der Waals surface area contributed by atoms with Gasteiger partial charge >= 0.3 is 0 Å². The minimum atomic E-state index is -3.84. The molecule has 0 radical (unpaired) electrons. The standard InChI is InChI=1S/C24H23N5O5S/c1-15(2)29-23-16(14-26-29)11-17(13-25-23)24(30)27-18-3-5-19(6-4-18)28-35(31,32)20-7-8-21-22(12-20)34-10-9-33-21/h3-8,11-15,28H,9-10H2,1-2H3,(H,27,30). The fraction of sp³-hybridized carbons (Fsp3) is 0.208. The minimum absolute atomic E-state index is 0.0582. The number of nitrogens with zero attached hydrogens (tertiary/aromatic N) is 3. The highest BCUT2D eigenvalue weighted by molar-refractivity contribution is 7.92. The van der Waals surface area contributed by atoms with Gasteiger partial charge in [0.25, 0.3) is 15.9 Å². The number of nitrogens with one attached hydrogen (secondary N) is 2. The normalized spacial score (nSPS) is 13.1. The number of pyridine rings is 1. The summed E-state index contributed by atoms with van der Waals surface area (Å²) in [6.07, 6.45) is 3.19. The molecule has 0 unspecified atom stereocenters. The summed E-state index contributed by atoms with van der Waals surface area (Å²) < 4.78 is 40.8. The van der Waals surface area contributed by atoms with Crippen molar-refractivity contribution in [2.24, 2.45) is 0 Å². The van der Waals surface area contributed by atoms with Crippen LogP contribution in [0, 0.1) is 0 Å². The van der Waals surface area contributed by atoms with Crippen molar-refractivity contribution < 1.29 is 22.7 Å². The summed E-state index contributed by atoms with van der Waals surface area (Å²) in [7, 11) is -3.84. The zero-order valence-electron chi connectivity index (χ0n) is 19.1. The van der Waals surface area contributed by atoms with Crippen molar-refractivity contribution in [2.75, 3.05) is 23.3 Å². The van der Waals surface area contributed by atoms with Crippen molar-refractivity contribution in [3.05, 3.63) is 66.5 Å². The van der Waals surface area contributed by atoms with Crippen LogP contribution in [0.3, 0.4) is 0 Å². The van der Waals surface area contributed by atoms with Crippen LogP contribution in [-0.4, -0.2) is 42.3 Å². The zero-order valence-corrected chi connectivity index (χ0v) is 19.9. The Morgan fingerprint density at radius 2 is 1.69 bits per heavy atom. The first-order valence-electron chi connectivity index (χ1n) is 11.0. The van der Waals surface area contributed by atoms with Crippen LogP contribution in [0.25, 0.3) is 11.0 Å². The molecule has 0 atom stereocenters. The van der Waals surface area contributed by atoms with Gasteiger partial charge in [0.15, 0.2) is 17.1 Å². The molecular formula is C24H23N5O5S. The molecule has 0 fully saturated rings. The Balaban J connectivity index is 1.27. The SMILES string of the molecule is CC(C)n1ncc2cc(C(=O)Nc3ccc(NS(=O)(=O)c4ccc5c(c4)OCCO5)cc3)cnc21. The molecule has 35 heavy (non-hydrogen) atoms. The number of aromatic nitrogens is 3. The lowest BCUT2D eigenvalue weighted by Crippen LogP contribution is -2.17. The van der Waals surface area contributed by atoms with Crippen LogP contribution >= 0.6 is 0 Å². The number of ether oxygens (including phenoxy) is 2. The molecule has 0 aliphatic carbocycles. The van der Waals surface area contributed by atoms with Crippen molar-refractivity contribution in [1.29, 1.82) is 0 Å². The van der Waals surface area contributed by atoms with Crippen molar-refractivity contribution in [2.45, 2.75) is 24.8 Å². The molecule has 0 saturated heterocycles. The van der Waals surface area contributed by atoms with Gasteiger partial charge in [-0.05, 0) is 56.3 Å². The number of benzene rings is 2. The topological polar surface area (TPSA) is 124 Å². The first-order valence-corrected chi connectivity index (χ1v) is 12.5. The van der Waals surface area contributed by atoms with Gasteiger partial charge < -0.3 is 14.8 Å². The molecule has 5 rings (SSSR count). The largest absolute Gasteiger partial charge is 0.486 e. The van der Waals surface area contributed by atoms with Crippen molar-refractivity contribution in [1.82, 2.24) is 14.8 Å². The smallest absolute Gasteiger partial charge is 0.262 e. The Kier molecular flexibility index (Phi) is 5.77. The molecule has 2 N–H and O–H groups in total. The highest BCUT2D eigenvalue weighted by Crippen LogP contribution is 2.32. The van der Waals surface area contributed by atoms with Gasteiger partial charge in [-0.25, -0.2) is 18.1 Å². The van der Waals surface area contributed by atoms with E-state index < -0.39 is 10.0 Å². The lowest BCUT2D eigenvalue weighted by atomic mass is 10.2. The average molecular weight is 494 g/mol. The quantitative estimate of drug-likeness (QED) is 0.418. The maximum absolute atomic E-state index is 12.8. The van der Waals surface area contributed by atoms with Crippen LogP contribution < -0.4 is 19.5 Å². The van der Waals surface area contributed by atoms with E-state index in [4.69, 9.17) is 9.47 Å². The Bertz CT molecular complexity index is 1510. The molecule has 11 heteroatoms. The van der Waals surface area contributed by atoms with Crippen LogP contribution in [0.15, 0.2) is 65.8 Å². The van der Waals surface area contributed by atoms with Gasteiger partial charge in [0.2, 0.25) is 0 Å². The molecule has 2 aromatic carbocycles. The highest BCUT2D eigenvalue weighted by atomic mass is 32.2. The van der Waals surface area contributed by atoms with Crippen LogP contribution in [0.4, 0.5) is 11.4 Å². The van der Waals surface area contributed by atoms with E-state index in [2.05, 4.69) is 20.1 Å². The van der Waals surface area contributed by atoms with Gasteiger partial charge in [0, 0.05) is 35.1 Å². The van der Waals surface area contributed by atoms with Gasteiger partial charge in [-0.2, -0.15) is 5.10 Å². The number of rotatable bonds is 6. The van der Waals surface area contributed by atoms with Gasteiger partial charge in [0.05, 0.1) is 16.7 Å². The first kappa shape index (κ1) is 22.7. The summed E-state index contributed by atoms with van der Waals surface area (Å²) in [6, 6.07) is 12.7. The number of carbonyl (C=O) groups is 1. The van der Waals surface area contributed by atoms with Crippen LogP contribution in [0.2, 0.25) is 0 Å². The lowest BCUT2D eigenvalue weighted by Gasteiger charge is -2.19. The van der Waals surface area contributed by atoms with Crippen molar-refractivity contribution in [3.8, 4) is 11.5 Å². The number of hydrogen-bond acceptors (Lipinski definition) is 7. The van der Waals surface area contributed by atoms with E-state index in [0.29, 0.717) is 47.3 Å². The Morgan fingerprint density at radius 3 is 2.43 bits per heavy atom. The summed E-state index contributed by atoms with van der Waals surface area (Å²) in [5, 5.41) is 7.88. The van der Waals surface area contributed by atoms with Crippen LogP contribution in [-0.2, 0) is 10.0 Å². The molecule has 1 aliphatic heterocycles. The average Bonchev–Trinajstić information content (AvgIpc) is 3.28. The fourth-order valence-corrected chi connectivity index (χ4v) is 4.75. The molecule has 180 valence electrons. The van der Waals surface area contributed by atoms with Crippen LogP contribution in [0.5, 0.6) is 11.5 Å². The zero-order chi connectivity index (χ0) is 24.6. The van der Waals surface area contributed by atoms with Gasteiger partial charge in [-0.15, -0.1) is 0 Å². The Hall–Kier alpha value is -4.12. The molecule has 1 aliphatic rings. The summed E-state index contributed by atoms with van der Waals surface area (Å²) in [5.41, 5.74) is 1.97. The summed E-state index contributed by atoms with van der Waals surface area (Å²) in [4.78, 5) is 17.1. The maximum atomic E-state index is 12.8. The fourth-order valence-electron chi connectivity index (χ4n) is 3.67. The predicted molar refractivity (Wildman–Crippen MR) is 131 cm³/mol. The molecule has 0 bridgehead atoms. The number of amides is 1. The van der Waals surface area contributed by atoms with Gasteiger partial charge in [0.1, 0.15) is 13.2 Å². The summed E-state index contributed by atoms with van der Waals surface area (Å²) in [5.74, 6) is 0.570. The third-order valence-electron chi connectivity index (χ3n) is 5.40. The van der Waals surface area contributed by atoms with E-state index in [1.165, 1.54) is 18.3 Å². The number of anilines is 2. The lowest BCUT2D eigenvalue weighted by molar-refractivity contribution is 0.102. The van der Waals surface area contributed by atoms with Gasteiger partial charge in [-0.1, -0.05) is 0 Å². The number of sulfonamides is 1. The summed E-state index contributed by atoms with van der Waals surface area (Å²) >= 11 is 0. The Labute approximate surface area is 201 Å². The third-order valence-corrected chi connectivity index (χ3v) is 6.78. The second-order valence-electron chi connectivity index (χ2n) is 8.26. The summed E-state index contributed by atoms with van der Waals surface area (Å²) in [6.45, 7) is 4.81. The predicted octanol–water partition coefficient (Wildman–Crippen LogP) is 3.84. The third kappa shape index (κ3) is 4.62. The van der Waals surface area contributed by atoms with Crippen molar-refractivity contribution in [3.63, 3.8) is 0 Å². The van der Waals surface area contributed by atoms with E-state index in [1.807, 2.05) is 13.8 Å². The van der Waals surface area contributed by atoms with Crippen LogP contribution in [0.1, 0.15) is 30.2 Å².